The largest absolute Gasteiger partial charge is 0.497 e. The third kappa shape index (κ3) is 6.45. The molecule has 29 heavy (non-hydrogen) atoms. The lowest BCUT2D eigenvalue weighted by Gasteiger charge is -2.35. The van der Waals surface area contributed by atoms with Crippen molar-refractivity contribution >= 4 is 35.6 Å². The van der Waals surface area contributed by atoms with Crippen molar-refractivity contribution in [2.75, 3.05) is 32.1 Å². The number of guanidine groups is 1. The third-order valence-electron chi connectivity index (χ3n) is 4.86. The van der Waals surface area contributed by atoms with Crippen LogP contribution in [0, 0.1) is 11.6 Å². The summed E-state index contributed by atoms with van der Waals surface area (Å²) in [6.07, 6.45) is 2.06. The van der Waals surface area contributed by atoms with Crippen molar-refractivity contribution in [2.24, 2.45) is 4.99 Å². The van der Waals surface area contributed by atoms with Crippen molar-refractivity contribution in [2.45, 2.75) is 25.4 Å². The van der Waals surface area contributed by atoms with Crippen LogP contribution in [0.1, 0.15) is 18.4 Å². The van der Waals surface area contributed by atoms with E-state index in [4.69, 9.17) is 4.74 Å². The van der Waals surface area contributed by atoms with Crippen LogP contribution in [0.4, 0.5) is 14.5 Å². The van der Waals surface area contributed by atoms with E-state index in [2.05, 4.69) is 26.6 Å². The van der Waals surface area contributed by atoms with Crippen LogP contribution in [0.2, 0.25) is 0 Å². The summed E-state index contributed by atoms with van der Waals surface area (Å²) in [6.45, 7) is 1.96. The monoisotopic (exact) mass is 516 g/mol. The molecule has 1 aliphatic heterocycles. The van der Waals surface area contributed by atoms with Gasteiger partial charge in [0.15, 0.2) is 5.96 Å². The first-order valence-electron chi connectivity index (χ1n) is 9.39. The number of rotatable bonds is 5. The second kappa shape index (κ2) is 11.2. The van der Waals surface area contributed by atoms with E-state index in [1.807, 2.05) is 18.2 Å². The number of benzene rings is 2. The Bertz CT molecular complexity index is 834. The maximum Gasteiger partial charge on any atom is 0.191 e. The number of hydrogen-bond donors (Lipinski definition) is 2. The summed E-state index contributed by atoms with van der Waals surface area (Å²) in [5.74, 6) is 0.511. The molecule has 8 heteroatoms. The lowest BCUT2D eigenvalue weighted by molar-refractivity contribution is 0.414. The van der Waals surface area contributed by atoms with Gasteiger partial charge in [-0.15, -0.1) is 24.0 Å². The highest BCUT2D eigenvalue weighted by atomic mass is 127. The average molecular weight is 516 g/mol. The number of nitrogens with zero attached hydrogens (tertiary/aromatic N) is 2. The predicted octanol–water partition coefficient (Wildman–Crippen LogP) is 3.93. The zero-order valence-corrected chi connectivity index (χ0v) is 19.0. The molecule has 1 unspecified atom stereocenters. The van der Waals surface area contributed by atoms with Crippen LogP contribution in [-0.4, -0.2) is 39.2 Å². The van der Waals surface area contributed by atoms with Crippen LogP contribution in [-0.2, 0) is 6.54 Å². The smallest absolute Gasteiger partial charge is 0.191 e. The van der Waals surface area contributed by atoms with E-state index < -0.39 is 11.6 Å². The van der Waals surface area contributed by atoms with E-state index in [-0.39, 0.29) is 42.1 Å². The Morgan fingerprint density at radius 1 is 1.24 bits per heavy atom. The Balaban J connectivity index is 0.00000300. The van der Waals surface area contributed by atoms with Crippen LogP contribution >= 0.6 is 24.0 Å². The average Bonchev–Trinajstić information content (AvgIpc) is 2.73. The van der Waals surface area contributed by atoms with Crippen LogP contribution in [0.3, 0.4) is 0 Å². The lowest BCUT2D eigenvalue weighted by atomic mass is 10.0. The topological polar surface area (TPSA) is 48.9 Å². The van der Waals surface area contributed by atoms with Gasteiger partial charge in [0.25, 0.3) is 0 Å². The van der Waals surface area contributed by atoms with Crippen LogP contribution < -0.4 is 20.3 Å². The second-order valence-electron chi connectivity index (χ2n) is 6.79. The van der Waals surface area contributed by atoms with Crippen molar-refractivity contribution in [1.29, 1.82) is 0 Å². The van der Waals surface area contributed by atoms with Crippen molar-refractivity contribution in [3.8, 4) is 5.75 Å². The fourth-order valence-corrected chi connectivity index (χ4v) is 3.38. The number of nitrogens with one attached hydrogen (secondary N) is 2. The molecule has 1 heterocycles. The molecular weight excluding hydrogens is 489 g/mol. The van der Waals surface area contributed by atoms with Gasteiger partial charge in [-0.25, -0.2) is 8.78 Å². The van der Waals surface area contributed by atoms with Gasteiger partial charge >= 0.3 is 0 Å². The molecule has 1 saturated heterocycles. The Labute approximate surface area is 187 Å². The number of anilines is 1. The van der Waals surface area contributed by atoms with Crippen molar-refractivity contribution in [1.82, 2.24) is 10.6 Å². The molecule has 1 atom stereocenters. The Morgan fingerprint density at radius 3 is 2.83 bits per heavy atom. The van der Waals surface area contributed by atoms with E-state index in [1.165, 1.54) is 6.07 Å². The third-order valence-corrected chi connectivity index (χ3v) is 4.86. The van der Waals surface area contributed by atoms with Crippen LogP contribution in [0.5, 0.6) is 5.75 Å². The normalized spacial score (nSPS) is 16.8. The maximum absolute atomic E-state index is 13.8. The molecule has 0 bridgehead atoms. The van der Waals surface area contributed by atoms with Crippen molar-refractivity contribution in [3.63, 3.8) is 0 Å². The van der Waals surface area contributed by atoms with Gasteiger partial charge in [-0.05, 0) is 43.2 Å². The van der Waals surface area contributed by atoms with Crippen molar-refractivity contribution in [3.05, 3.63) is 59.7 Å². The molecule has 0 radical (unpaired) electrons. The number of methoxy groups -OCH3 is 1. The zero-order chi connectivity index (χ0) is 19.9. The second-order valence-corrected chi connectivity index (χ2v) is 6.79. The van der Waals surface area contributed by atoms with E-state index >= 15 is 0 Å². The van der Waals surface area contributed by atoms with E-state index in [9.17, 15) is 8.78 Å². The number of ether oxygens (including phenoxy) is 1. The first-order chi connectivity index (χ1) is 13.6. The predicted molar refractivity (Wildman–Crippen MR) is 123 cm³/mol. The number of hydrogen-bond acceptors (Lipinski definition) is 3. The summed E-state index contributed by atoms with van der Waals surface area (Å²) in [5.41, 5.74) is 1.39. The Morgan fingerprint density at radius 2 is 2.07 bits per heavy atom. The van der Waals surface area contributed by atoms with E-state index in [1.54, 1.807) is 14.2 Å². The standard InChI is InChI=1S/C21H26F2N4O.HI/c1-24-21(25-13-15-11-16(22)8-9-20(15)23)26-17-5-4-10-27(14-17)18-6-3-7-19(12-18)28-2;/h3,6-9,11-12,17H,4-5,10,13-14H2,1-2H3,(H2,24,25,26);1H. The molecule has 2 aromatic carbocycles. The summed E-state index contributed by atoms with van der Waals surface area (Å²) in [5, 5.41) is 6.46. The van der Waals surface area contributed by atoms with E-state index in [0.29, 0.717) is 5.96 Å². The van der Waals surface area contributed by atoms with Gasteiger partial charge in [0.05, 0.1) is 7.11 Å². The highest BCUT2D eigenvalue weighted by Gasteiger charge is 2.21. The minimum absolute atomic E-state index is 0. The molecule has 0 spiro atoms. The van der Waals surface area contributed by atoms with Gasteiger partial charge < -0.3 is 20.3 Å². The van der Waals surface area contributed by atoms with Crippen LogP contribution in [0.25, 0.3) is 0 Å². The lowest BCUT2D eigenvalue weighted by Crippen LogP contribution is -2.51. The van der Waals surface area contributed by atoms with Gasteiger partial charge in [0, 0.05) is 50.0 Å². The minimum atomic E-state index is -0.456. The molecule has 158 valence electrons. The molecule has 2 aromatic rings. The van der Waals surface area contributed by atoms with Gasteiger partial charge in [0.1, 0.15) is 17.4 Å². The summed E-state index contributed by atoms with van der Waals surface area (Å²) in [7, 11) is 3.33. The van der Waals surface area contributed by atoms with Gasteiger partial charge in [-0.2, -0.15) is 0 Å². The first-order valence-corrected chi connectivity index (χ1v) is 9.39. The fraction of sp³-hybridized carbons (Fsp3) is 0.381. The summed E-state index contributed by atoms with van der Waals surface area (Å²) < 4.78 is 32.4. The molecule has 1 fully saturated rings. The fourth-order valence-electron chi connectivity index (χ4n) is 3.38. The minimum Gasteiger partial charge on any atom is -0.497 e. The number of piperidine rings is 1. The highest BCUT2D eigenvalue weighted by molar-refractivity contribution is 14.0. The maximum atomic E-state index is 13.8. The zero-order valence-electron chi connectivity index (χ0n) is 16.6. The molecule has 3 rings (SSSR count). The molecule has 0 saturated carbocycles. The molecule has 0 amide bonds. The van der Waals surface area contributed by atoms with Gasteiger partial charge in [-0.3, -0.25) is 4.99 Å². The molecule has 1 aliphatic rings. The Hall–Kier alpha value is -2.10. The molecule has 0 aliphatic carbocycles. The van der Waals surface area contributed by atoms with Crippen LogP contribution in [0.15, 0.2) is 47.5 Å². The van der Waals surface area contributed by atoms with E-state index in [0.717, 1.165) is 49.5 Å². The molecule has 5 nitrogen and oxygen atoms in total. The summed E-state index contributed by atoms with van der Waals surface area (Å²) in [6, 6.07) is 11.7. The Kier molecular flexibility index (Phi) is 8.94. The summed E-state index contributed by atoms with van der Waals surface area (Å²) >= 11 is 0. The first kappa shape index (κ1) is 23.2. The molecule has 2 N–H and O–H groups in total. The number of halogens is 3. The van der Waals surface area contributed by atoms with Crippen molar-refractivity contribution < 1.29 is 13.5 Å². The van der Waals surface area contributed by atoms with Gasteiger partial charge in [0.2, 0.25) is 0 Å². The van der Waals surface area contributed by atoms with Gasteiger partial charge in [-0.1, -0.05) is 6.07 Å². The number of aliphatic imine (C=N–C) groups is 1. The SMILES string of the molecule is CN=C(NCc1cc(F)ccc1F)NC1CCCN(c2cccc(OC)c2)C1.I. The highest BCUT2D eigenvalue weighted by Crippen LogP contribution is 2.24. The molecular formula is C21H27F2IN4O. The summed E-state index contributed by atoms with van der Waals surface area (Å²) in [4.78, 5) is 6.52. The molecule has 0 aromatic heterocycles. The quantitative estimate of drug-likeness (QED) is 0.360.